The number of rotatable bonds is 5. The zero-order valence-electron chi connectivity index (χ0n) is 12.1. The van der Waals surface area contributed by atoms with Gasteiger partial charge in [-0.15, -0.1) is 12.4 Å². The minimum absolute atomic E-state index is 0. The van der Waals surface area contributed by atoms with Crippen molar-refractivity contribution in [2.45, 2.75) is 51.9 Å². The van der Waals surface area contributed by atoms with Crippen molar-refractivity contribution in [3.05, 3.63) is 0 Å². The van der Waals surface area contributed by atoms with Crippen molar-refractivity contribution < 1.29 is 4.79 Å². The third-order valence-electron chi connectivity index (χ3n) is 4.57. The lowest BCUT2D eigenvalue weighted by Crippen LogP contribution is -2.39. The van der Waals surface area contributed by atoms with Crippen molar-refractivity contribution in [1.29, 1.82) is 0 Å². The quantitative estimate of drug-likeness (QED) is 0.817. The molecule has 2 fully saturated rings. The van der Waals surface area contributed by atoms with E-state index in [-0.39, 0.29) is 24.2 Å². The van der Waals surface area contributed by atoms with E-state index in [0.717, 1.165) is 32.0 Å². The Bertz CT molecular complexity index is 261. The van der Waals surface area contributed by atoms with Crippen LogP contribution in [0.5, 0.6) is 0 Å². The van der Waals surface area contributed by atoms with Crippen molar-refractivity contribution in [2.24, 2.45) is 17.8 Å². The standard InChI is InChI=1S/C15H28N2O.ClH/c1-12(9-13-5-2-3-6-13)15(18)17-11-14-7-4-8-16-10-14;/h12-14,16H,2-11H2,1H3,(H,17,18);1H. The van der Waals surface area contributed by atoms with Gasteiger partial charge in [0.1, 0.15) is 0 Å². The summed E-state index contributed by atoms with van der Waals surface area (Å²) in [5, 5.41) is 6.54. The van der Waals surface area contributed by atoms with Crippen LogP contribution in [0.2, 0.25) is 0 Å². The molecule has 4 heteroatoms. The molecule has 3 nitrogen and oxygen atoms in total. The lowest BCUT2D eigenvalue weighted by atomic mass is 9.93. The molecule has 1 heterocycles. The first-order valence-corrected chi connectivity index (χ1v) is 7.74. The molecule has 2 unspecified atom stereocenters. The summed E-state index contributed by atoms with van der Waals surface area (Å²) in [5.74, 6) is 1.92. The molecule has 0 radical (unpaired) electrons. The van der Waals surface area contributed by atoms with Gasteiger partial charge in [-0.3, -0.25) is 4.79 Å². The summed E-state index contributed by atoms with van der Waals surface area (Å²) in [6.07, 6.45) is 9.00. The first-order valence-electron chi connectivity index (χ1n) is 7.74. The smallest absolute Gasteiger partial charge is 0.222 e. The minimum atomic E-state index is 0. The monoisotopic (exact) mass is 288 g/mol. The number of nitrogens with one attached hydrogen (secondary N) is 2. The maximum atomic E-state index is 12.0. The van der Waals surface area contributed by atoms with E-state index in [9.17, 15) is 4.79 Å². The fourth-order valence-electron chi connectivity index (χ4n) is 3.37. The Labute approximate surface area is 123 Å². The highest BCUT2D eigenvalue weighted by atomic mass is 35.5. The number of piperidine rings is 1. The van der Waals surface area contributed by atoms with Crippen molar-refractivity contribution in [2.75, 3.05) is 19.6 Å². The van der Waals surface area contributed by atoms with Crippen LogP contribution in [0.15, 0.2) is 0 Å². The van der Waals surface area contributed by atoms with E-state index in [0.29, 0.717) is 5.92 Å². The van der Waals surface area contributed by atoms with Gasteiger partial charge in [0.05, 0.1) is 0 Å². The number of hydrogen-bond acceptors (Lipinski definition) is 2. The van der Waals surface area contributed by atoms with Gasteiger partial charge < -0.3 is 10.6 Å². The van der Waals surface area contributed by atoms with Crippen molar-refractivity contribution >= 4 is 18.3 Å². The predicted molar refractivity (Wildman–Crippen MR) is 81.6 cm³/mol. The second kappa shape index (κ2) is 8.80. The summed E-state index contributed by atoms with van der Waals surface area (Å²) < 4.78 is 0. The normalized spacial score (nSPS) is 25.6. The van der Waals surface area contributed by atoms with Crippen LogP contribution in [0, 0.1) is 17.8 Å². The zero-order chi connectivity index (χ0) is 12.8. The summed E-state index contributed by atoms with van der Waals surface area (Å²) in [7, 11) is 0. The summed E-state index contributed by atoms with van der Waals surface area (Å²) in [6.45, 7) is 5.16. The highest BCUT2D eigenvalue weighted by Crippen LogP contribution is 2.30. The molecule has 0 aromatic carbocycles. The number of amides is 1. The molecule has 2 atom stereocenters. The Kier molecular flexibility index (Phi) is 7.77. The first-order chi connectivity index (χ1) is 8.75. The molecule has 19 heavy (non-hydrogen) atoms. The Morgan fingerprint density at radius 2 is 1.89 bits per heavy atom. The lowest BCUT2D eigenvalue weighted by Gasteiger charge is -2.24. The molecule has 2 aliphatic rings. The Balaban J connectivity index is 0.00000180. The molecular formula is C15H29ClN2O. The number of halogens is 1. The van der Waals surface area contributed by atoms with Crippen LogP contribution in [0.4, 0.5) is 0 Å². The van der Waals surface area contributed by atoms with Gasteiger partial charge in [-0.05, 0) is 44.2 Å². The third-order valence-corrected chi connectivity index (χ3v) is 4.57. The topological polar surface area (TPSA) is 41.1 Å². The molecule has 1 saturated heterocycles. The summed E-state index contributed by atoms with van der Waals surface area (Å²) >= 11 is 0. The molecule has 0 bridgehead atoms. The summed E-state index contributed by atoms with van der Waals surface area (Å²) in [6, 6.07) is 0. The average molecular weight is 289 g/mol. The molecule has 1 saturated carbocycles. The molecule has 0 aromatic rings. The van der Waals surface area contributed by atoms with Gasteiger partial charge in [-0.25, -0.2) is 0 Å². The molecule has 1 aliphatic heterocycles. The zero-order valence-corrected chi connectivity index (χ0v) is 12.9. The van der Waals surface area contributed by atoms with Gasteiger partial charge >= 0.3 is 0 Å². The highest BCUT2D eigenvalue weighted by Gasteiger charge is 2.22. The van der Waals surface area contributed by atoms with Gasteiger partial charge in [0.25, 0.3) is 0 Å². The minimum Gasteiger partial charge on any atom is -0.356 e. The SMILES string of the molecule is CC(CC1CCCC1)C(=O)NCC1CCCNC1.Cl. The van der Waals surface area contributed by atoms with Crippen LogP contribution in [-0.4, -0.2) is 25.5 Å². The molecule has 2 N–H and O–H groups in total. The van der Waals surface area contributed by atoms with Crippen LogP contribution in [0.25, 0.3) is 0 Å². The Hall–Kier alpha value is -0.280. The van der Waals surface area contributed by atoms with E-state index in [1.807, 2.05) is 0 Å². The second-order valence-electron chi connectivity index (χ2n) is 6.24. The van der Waals surface area contributed by atoms with Crippen molar-refractivity contribution in [1.82, 2.24) is 10.6 Å². The Morgan fingerprint density at radius 1 is 1.21 bits per heavy atom. The third kappa shape index (κ3) is 5.70. The molecule has 1 amide bonds. The fraction of sp³-hybridized carbons (Fsp3) is 0.933. The van der Waals surface area contributed by atoms with E-state index in [4.69, 9.17) is 0 Å². The van der Waals surface area contributed by atoms with E-state index in [1.165, 1.54) is 38.5 Å². The molecule has 1 aliphatic carbocycles. The summed E-state index contributed by atoms with van der Waals surface area (Å²) in [5.41, 5.74) is 0. The van der Waals surface area contributed by atoms with Crippen molar-refractivity contribution in [3.8, 4) is 0 Å². The van der Waals surface area contributed by atoms with E-state index < -0.39 is 0 Å². The number of carbonyl (C=O) groups excluding carboxylic acids is 1. The van der Waals surface area contributed by atoms with Gasteiger partial charge in [-0.1, -0.05) is 32.6 Å². The van der Waals surface area contributed by atoms with Crippen LogP contribution in [0.3, 0.4) is 0 Å². The number of hydrogen-bond donors (Lipinski definition) is 2. The molecule has 0 spiro atoms. The van der Waals surface area contributed by atoms with Gasteiger partial charge in [0, 0.05) is 12.5 Å². The molecule has 0 aromatic heterocycles. The second-order valence-corrected chi connectivity index (χ2v) is 6.24. The van der Waals surface area contributed by atoms with E-state index in [1.54, 1.807) is 0 Å². The molecular weight excluding hydrogens is 260 g/mol. The van der Waals surface area contributed by atoms with Gasteiger partial charge in [0.15, 0.2) is 0 Å². The van der Waals surface area contributed by atoms with Crippen LogP contribution >= 0.6 is 12.4 Å². The fourth-order valence-corrected chi connectivity index (χ4v) is 3.37. The average Bonchev–Trinajstić information content (AvgIpc) is 2.90. The molecule has 112 valence electrons. The van der Waals surface area contributed by atoms with E-state index in [2.05, 4.69) is 17.6 Å². The van der Waals surface area contributed by atoms with Crippen molar-refractivity contribution in [3.63, 3.8) is 0 Å². The van der Waals surface area contributed by atoms with Crippen LogP contribution in [-0.2, 0) is 4.79 Å². The van der Waals surface area contributed by atoms with Gasteiger partial charge in [-0.2, -0.15) is 0 Å². The maximum absolute atomic E-state index is 12.0. The number of carbonyl (C=O) groups is 1. The highest BCUT2D eigenvalue weighted by molar-refractivity contribution is 5.85. The largest absolute Gasteiger partial charge is 0.356 e. The van der Waals surface area contributed by atoms with Gasteiger partial charge in [0.2, 0.25) is 5.91 Å². The summed E-state index contributed by atoms with van der Waals surface area (Å²) in [4.78, 5) is 12.0. The predicted octanol–water partition coefficient (Wildman–Crippen LogP) is 2.74. The first kappa shape index (κ1) is 16.8. The maximum Gasteiger partial charge on any atom is 0.222 e. The van der Waals surface area contributed by atoms with Crippen LogP contribution in [0.1, 0.15) is 51.9 Å². The van der Waals surface area contributed by atoms with E-state index >= 15 is 0 Å². The lowest BCUT2D eigenvalue weighted by molar-refractivity contribution is -0.125. The molecule has 2 rings (SSSR count). The van der Waals surface area contributed by atoms with Crippen LogP contribution < -0.4 is 10.6 Å². The Morgan fingerprint density at radius 3 is 2.53 bits per heavy atom.